The molecule has 0 fully saturated rings. The van der Waals surface area contributed by atoms with Gasteiger partial charge in [-0.15, -0.1) is 0 Å². The first kappa shape index (κ1) is 20.9. The van der Waals surface area contributed by atoms with E-state index in [4.69, 9.17) is 10.5 Å². The van der Waals surface area contributed by atoms with Crippen molar-refractivity contribution < 1.29 is 18.7 Å². The lowest BCUT2D eigenvalue weighted by molar-refractivity contribution is -0.121. The number of ether oxygens (including phenoxy) is 1. The molecule has 3 aromatic rings. The zero-order chi connectivity index (χ0) is 21.3. The van der Waals surface area contributed by atoms with E-state index in [1.165, 1.54) is 6.07 Å². The first-order chi connectivity index (χ1) is 14.5. The van der Waals surface area contributed by atoms with Crippen LogP contribution in [0.25, 0.3) is 0 Å². The van der Waals surface area contributed by atoms with E-state index in [1.807, 2.05) is 30.3 Å². The summed E-state index contributed by atoms with van der Waals surface area (Å²) < 4.78 is 19.5. The molecular weight excluding hydrogens is 385 g/mol. The molecule has 0 radical (unpaired) electrons. The number of rotatable bonds is 8. The largest absolute Gasteiger partial charge is 0.457 e. The van der Waals surface area contributed by atoms with E-state index in [2.05, 4.69) is 10.6 Å². The summed E-state index contributed by atoms with van der Waals surface area (Å²) >= 11 is 0. The van der Waals surface area contributed by atoms with Gasteiger partial charge in [-0.3, -0.25) is 4.79 Å². The molecule has 1 atom stereocenters. The maximum Gasteiger partial charge on any atom is 0.312 e. The summed E-state index contributed by atoms with van der Waals surface area (Å²) in [6.07, 6.45) is -0.0633. The summed E-state index contributed by atoms with van der Waals surface area (Å²) in [4.78, 5) is 23.9. The van der Waals surface area contributed by atoms with Crippen molar-refractivity contribution in [2.45, 2.75) is 19.0 Å². The molecule has 0 spiro atoms. The highest BCUT2D eigenvalue weighted by Gasteiger charge is 2.18. The molecule has 3 rings (SSSR count). The smallest absolute Gasteiger partial charge is 0.312 e. The molecule has 0 aromatic heterocycles. The van der Waals surface area contributed by atoms with Gasteiger partial charge >= 0.3 is 6.03 Å². The monoisotopic (exact) mass is 407 g/mol. The zero-order valence-electron chi connectivity index (χ0n) is 16.2. The van der Waals surface area contributed by atoms with Crippen molar-refractivity contribution >= 4 is 11.9 Å². The number of amides is 3. The second-order valence-corrected chi connectivity index (χ2v) is 6.62. The van der Waals surface area contributed by atoms with Crippen LogP contribution in [0.15, 0.2) is 78.9 Å². The number of urea groups is 1. The van der Waals surface area contributed by atoms with Gasteiger partial charge in [-0.05, 0) is 35.9 Å². The summed E-state index contributed by atoms with van der Waals surface area (Å²) in [5.41, 5.74) is 6.32. The number of hydrogen-bond donors (Lipinski definition) is 3. The highest BCUT2D eigenvalue weighted by molar-refractivity contribution is 5.78. The second kappa shape index (κ2) is 10.1. The van der Waals surface area contributed by atoms with Crippen LogP contribution in [0.1, 0.15) is 23.6 Å². The molecule has 4 N–H and O–H groups in total. The number of para-hydroxylation sites is 1. The Morgan fingerprint density at radius 2 is 1.63 bits per heavy atom. The Hall–Kier alpha value is -3.87. The highest BCUT2D eigenvalue weighted by Crippen LogP contribution is 2.26. The summed E-state index contributed by atoms with van der Waals surface area (Å²) in [6.45, 7) is 0.0476. The Balaban J connectivity index is 1.69. The third-order valence-electron chi connectivity index (χ3n) is 4.38. The van der Waals surface area contributed by atoms with Crippen LogP contribution >= 0.6 is 0 Å². The van der Waals surface area contributed by atoms with Gasteiger partial charge in [0.25, 0.3) is 0 Å². The molecule has 0 aliphatic carbocycles. The molecule has 3 amide bonds. The lowest BCUT2D eigenvalue weighted by Crippen LogP contribution is -2.36. The quantitative estimate of drug-likeness (QED) is 0.526. The molecule has 0 bridgehead atoms. The Morgan fingerprint density at radius 3 is 2.37 bits per heavy atom. The summed E-state index contributed by atoms with van der Waals surface area (Å²) in [5.74, 6) is 0.472. The van der Waals surface area contributed by atoms with Crippen LogP contribution in [0, 0.1) is 5.82 Å². The average molecular weight is 407 g/mol. The lowest BCUT2D eigenvalue weighted by Gasteiger charge is -2.19. The molecule has 0 heterocycles. The van der Waals surface area contributed by atoms with Crippen molar-refractivity contribution in [3.8, 4) is 11.5 Å². The van der Waals surface area contributed by atoms with Gasteiger partial charge in [0.05, 0.1) is 12.5 Å². The molecule has 0 saturated heterocycles. The predicted octanol–water partition coefficient (Wildman–Crippen LogP) is 4.03. The number of halogens is 1. The van der Waals surface area contributed by atoms with Crippen LogP contribution in [0.4, 0.5) is 9.18 Å². The average Bonchev–Trinajstić information content (AvgIpc) is 2.73. The van der Waals surface area contributed by atoms with E-state index in [1.54, 1.807) is 42.5 Å². The van der Waals surface area contributed by atoms with Crippen molar-refractivity contribution in [2.75, 3.05) is 0 Å². The van der Waals surface area contributed by atoms with Crippen molar-refractivity contribution in [2.24, 2.45) is 5.73 Å². The molecule has 7 heteroatoms. The third-order valence-corrected chi connectivity index (χ3v) is 4.38. The Labute approximate surface area is 173 Å². The van der Waals surface area contributed by atoms with Gasteiger partial charge in [0, 0.05) is 12.1 Å². The van der Waals surface area contributed by atoms with Crippen molar-refractivity contribution in [3.05, 3.63) is 95.8 Å². The second-order valence-electron chi connectivity index (χ2n) is 6.62. The SMILES string of the molecule is NC(=O)N[C@H](CC(=O)NCc1ccccc1F)c1cccc(Oc2ccccc2)c1. The van der Waals surface area contributed by atoms with Crippen LogP contribution in [-0.4, -0.2) is 11.9 Å². The normalized spacial score (nSPS) is 11.4. The third kappa shape index (κ3) is 6.07. The van der Waals surface area contributed by atoms with E-state index in [0.29, 0.717) is 22.6 Å². The van der Waals surface area contributed by atoms with Crippen LogP contribution in [0.2, 0.25) is 0 Å². The first-order valence-electron chi connectivity index (χ1n) is 9.40. The molecule has 0 aliphatic rings. The van der Waals surface area contributed by atoms with E-state index < -0.39 is 17.9 Å². The Bertz CT molecular complexity index is 1010. The maximum atomic E-state index is 13.7. The molecule has 0 unspecified atom stereocenters. The molecule has 30 heavy (non-hydrogen) atoms. The minimum Gasteiger partial charge on any atom is -0.457 e. The minimum absolute atomic E-state index is 0.0476. The molecule has 6 nitrogen and oxygen atoms in total. The summed E-state index contributed by atoms with van der Waals surface area (Å²) in [6, 6.07) is 21.1. The maximum absolute atomic E-state index is 13.7. The fourth-order valence-corrected chi connectivity index (χ4v) is 2.94. The van der Waals surface area contributed by atoms with Crippen molar-refractivity contribution in [3.63, 3.8) is 0 Å². The molecular formula is C23H22FN3O3. The Morgan fingerprint density at radius 1 is 0.933 bits per heavy atom. The number of nitrogens with two attached hydrogens (primary N) is 1. The summed E-state index contributed by atoms with van der Waals surface area (Å²) in [7, 11) is 0. The number of nitrogens with one attached hydrogen (secondary N) is 2. The predicted molar refractivity (Wildman–Crippen MR) is 111 cm³/mol. The number of carbonyl (C=O) groups excluding carboxylic acids is 2. The number of carbonyl (C=O) groups is 2. The van der Waals surface area contributed by atoms with Crippen molar-refractivity contribution in [1.29, 1.82) is 0 Å². The van der Waals surface area contributed by atoms with Gasteiger partial charge in [0.2, 0.25) is 5.91 Å². The van der Waals surface area contributed by atoms with Crippen LogP contribution < -0.4 is 21.1 Å². The topological polar surface area (TPSA) is 93.5 Å². The standard InChI is InChI=1S/C23H22FN3O3/c24-20-12-5-4-7-17(20)15-26-22(28)14-21(27-23(25)29)16-8-6-11-19(13-16)30-18-9-2-1-3-10-18/h1-13,21H,14-15H2,(H,26,28)(H3,25,27,29)/t21-/m1/s1. The van der Waals surface area contributed by atoms with Crippen LogP contribution in [-0.2, 0) is 11.3 Å². The number of benzene rings is 3. The van der Waals surface area contributed by atoms with Gasteiger partial charge in [0.15, 0.2) is 0 Å². The minimum atomic E-state index is -0.753. The van der Waals surface area contributed by atoms with Crippen LogP contribution in [0.3, 0.4) is 0 Å². The van der Waals surface area contributed by atoms with Gasteiger partial charge < -0.3 is 21.1 Å². The fourth-order valence-electron chi connectivity index (χ4n) is 2.94. The van der Waals surface area contributed by atoms with Gasteiger partial charge in [0.1, 0.15) is 17.3 Å². The zero-order valence-corrected chi connectivity index (χ0v) is 16.2. The summed E-state index contributed by atoms with van der Waals surface area (Å²) in [5, 5.41) is 5.24. The molecule has 0 aliphatic heterocycles. The van der Waals surface area contributed by atoms with E-state index >= 15 is 0 Å². The van der Waals surface area contributed by atoms with Gasteiger partial charge in [-0.25, -0.2) is 9.18 Å². The van der Waals surface area contributed by atoms with E-state index in [9.17, 15) is 14.0 Å². The molecule has 154 valence electrons. The number of hydrogen-bond acceptors (Lipinski definition) is 3. The van der Waals surface area contributed by atoms with Crippen LogP contribution in [0.5, 0.6) is 11.5 Å². The lowest BCUT2D eigenvalue weighted by atomic mass is 10.0. The number of primary amides is 1. The molecule has 0 saturated carbocycles. The van der Waals surface area contributed by atoms with Crippen molar-refractivity contribution in [1.82, 2.24) is 10.6 Å². The fraction of sp³-hybridized carbons (Fsp3) is 0.130. The first-order valence-corrected chi connectivity index (χ1v) is 9.40. The van der Waals surface area contributed by atoms with Gasteiger partial charge in [-0.2, -0.15) is 0 Å². The molecule has 3 aromatic carbocycles. The van der Waals surface area contributed by atoms with Gasteiger partial charge in [-0.1, -0.05) is 48.5 Å². The van der Waals surface area contributed by atoms with E-state index in [-0.39, 0.29) is 18.9 Å². The Kier molecular flexibility index (Phi) is 7.00. The van der Waals surface area contributed by atoms with E-state index in [0.717, 1.165) is 0 Å². The highest BCUT2D eigenvalue weighted by atomic mass is 19.1.